The van der Waals surface area contributed by atoms with E-state index in [1.54, 1.807) is 12.3 Å². The average Bonchev–Trinajstić information content (AvgIpc) is 3.31. The van der Waals surface area contributed by atoms with Crippen LogP contribution >= 0.6 is 27.7 Å². The predicted octanol–water partition coefficient (Wildman–Crippen LogP) is 2.83. The number of amides is 2. The van der Waals surface area contributed by atoms with Crippen molar-refractivity contribution in [1.29, 1.82) is 0 Å². The van der Waals surface area contributed by atoms with Gasteiger partial charge in [0.2, 0.25) is 11.8 Å². The van der Waals surface area contributed by atoms with E-state index < -0.39 is 5.91 Å². The van der Waals surface area contributed by atoms with Crippen molar-refractivity contribution in [3.8, 4) is 0 Å². The number of anilines is 1. The Morgan fingerprint density at radius 1 is 1.21 bits per heavy atom. The van der Waals surface area contributed by atoms with Gasteiger partial charge >= 0.3 is 0 Å². The normalized spacial score (nSPS) is 10.8. The smallest absolute Gasteiger partial charge is 0.234 e. The van der Waals surface area contributed by atoms with E-state index in [1.165, 1.54) is 11.8 Å². The number of benzene rings is 1. The van der Waals surface area contributed by atoms with Gasteiger partial charge in [-0.2, -0.15) is 0 Å². The quantitative estimate of drug-likeness (QED) is 0.471. The number of thioether (sulfide) groups is 1. The molecule has 0 spiro atoms. The molecule has 3 aromatic rings. The summed E-state index contributed by atoms with van der Waals surface area (Å²) in [6, 6.07) is 11.0. The van der Waals surface area contributed by atoms with Crippen LogP contribution in [0.1, 0.15) is 18.0 Å². The predicted molar refractivity (Wildman–Crippen MR) is 109 cm³/mol. The van der Waals surface area contributed by atoms with E-state index in [0.29, 0.717) is 29.6 Å². The summed E-state index contributed by atoms with van der Waals surface area (Å²) < 4.78 is 8.04. The minimum absolute atomic E-state index is 0.160. The Morgan fingerprint density at radius 3 is 2.75 bits per heavy atom. The van der Waals surface area contributed by atoms with Crippen molar-refractivity contribution in [2.45, 2.75) is 24.5 Å². The molecule has 2 aromatic heterocycles. The minimum Gasteiger partial charge on any atom is -0.467 e. The summed E-state index contributed by atoms with van der Waals surface area (Å²) in [4.78, 5) is 23.4. The molecule has 0 aliphatic heterocycles. The molecule has 0 unspecified atom stereocenters. The van der Waals surface area contributed by atoms with Gasteiger partial charge < -0.3 is 15.5 Å². The minimum atomic E-state index is -0.408. The van der Waals surface area contributed by atoms with Crippen LogP contribution in [0.25, 0.3) is 0 Å². The molecule has 0 fully saturated rings. The molecule has 0 saturated carbocycles. The average molecular weight is 464 g/mol. The maximum atomic E-state index is 12.3. The summed E-state index contributed by atoms with van der Waals surface area (Å²) >= 11 is 4.66. The fourth-order valence-electron chi connectivity index (χ4n) is 2.44. The number of hydrogen-bond donors (Lipinski definition) is 2. The third kappa shape index (κ3) is 5.46. The molecule has 0 bridgehead atoms. The lowest BCUT2D eigenvalue weighted by atomic mass is 10.3. The van der Waals surface area contributed by atoms with Gasteiger partial charge in [0.1, 0.15) is 11.6 Å². The molecule has 2 heterocycles. The van der Waals surface area contributed by atoms with Crippen molar-refractivity contribution in [3.05, 3.63) is 58.7 Å². The molecular formula is C18H18BrN5O3S. The summed E-state index contributed by atoms with van der Waals surface area (Å²) in [7, 11) is 0. The van der Waals surface area contributed by atoms with Crippen LogP contribution in [0.3, 0.4) is 0 Å². The van der Waals surface area contributed by atoms with Crippen molar-refractivity contribution in [2.75, 3.05) is 11.1 Å². The fraction of sp³-hybridized carbons (Fsp3) is 0.222. The van der Waals surface area contributed by atoms with Gasteiger partial charge in [0, 0.05) is 17.3 Å². The Balaban J connectivity index is 1.69. The monoisotopic (exact) mass is 463 g/mol. The van der Waals surface area contributed by atoms with Crippen molar-refractivity contribution in [1.82, 2.24) is 14.8 Å². The van der Waals surface area contributed by atoms with Crippen molar-refractivity contribution < 1.29 is 14.0 Å². The number of rotatable bonds is 9. The van der Waals surface area contributed by atoms with Gasteiger partial charge in [0.25, 0.3) is 0 Å². The topological polar surface area (TPSA) is 116 Å². The molecule has 146 valence electrons. The van der Waals surface area contributed by atoms with Crippen LogP contribution < -0.4 is 11.1 Å². The molecule has 0 radical (unpaired) electrons. The number of aryl methyl sites for hydroxylation is 1. The zero-order valence-corrected chi connectivity index (χ0v) is 17.2. The Kier molecular flexibility index (Phi) is 6.88. The Morgan fingerprint density at radius 2 is 2.04 bits per heavy atom. The van der Waals surface area contributed by atoms with Crippen LogP contribution in [0.5, 0.6) is 0 Å². The van der Waals surface area contributed by atoms with E-state index in [0.717, 1.165) is 10.2 Å². The lowest BCUT2D eigenvalue weighted by Crippen LogP contribution is -2.16. The van der Waals surface area contributed by atoms with Crippen molar-refractivity contribution in [2.24, 2.45) is 5.73 Å². The van der Waals surface area contributed by atoms with E-state index in [1.807, 2.05) is 34.9 Å². The van der Waals surface area contributed by atoms with Crippen molar-refractivity contribution in [3.63, 3.8) is 0 Å². The van der Waals surface area contributed by atoms with Gasteiger partial charge in [-0.1, -0.05) is 23.9 Å². The van der Waals surface area contributed by atoms with Crippen molar-refractivity contribution >= 4 is 45.2 Å². The van der Waals surface area contributed by atoms with Crippen LogP contribution in [-0.4, -0.2) is 32.3 Å². The number of hydrogen-bond acceptors (Lipinski definition) is 6. The molecule has 0 atom stereocenters. The summed E-state index contributed by atoms with van der Waals surface area (Å²) in [5, 5.41) is 11.7. The summed E-state index contributed by atoms with van der Waals surface area (Å²) in [5.74, 6) is 0.925. The Hall–Kier alpha value is -2.59. The number of nitrogens with one attached hydrogen (secondary N) is 1. The molecule has 0 aliphatic rings. The number of para-hydroxylation sites is 1. The van der Waals surface area contributed by atoms with E-state index in [9.17, 15) is 9.59 Å². The van der Waals surface area contributed by atoms with Gasteiger partial charge in [0.05, 0.1) is 24.2 Å². The lowest BCUT2D eigenvalue weighted by Gasteiger charge is -2.09. The molecular weight excluding hydrogens is 446 g/mol. The number of primary amides is 1. The maximum Gasteiger partial charge on any atom is 0.234 e. The Labute approximate surface area is 174 Å². The van der Waals surface area contributed by atoms with E-state index in [-0.39, 0.29) is 18.1 Å². The van der Waals surface area contributed by atoms with E-state index in [4.69, 9.17) is 10.2 Å². The first-order valence-electron chi connectivity index (χ1n) is 8.43. The van der Waals surface area contributed by atoms with Crippen LogP contribution in [0, 0.1) is 0 Å². The SMILES string of the molecule is NC(=O)CCc1nnc(SCC(=O)Nc2ccccc2Br)n1Cc1ccco1. The highest BCUT2D eigenvalue weighted by Crippen LogP contribution is 2.23. The Bertz CT molecular complexity index is 958. The van der Waals surface area contributed by atoms with Crippen LogP contribution in [0.2, 0.25) is 0 Å². The number of nitrogens with zero attached hydrogens (tertiary/aromatic N) is 3. The van der Waals surface area contributed by atoms with Gasteiger partial charge in [-0.25, -0.2) is 0 Å². The number of carbonyl (C=O) groups is 2. The molecule has 8 nitrogen and oxygen atoms in total. The van der Waals surface area contributed by atoms with Crippen LogP contribution in [0.15, 0.2) is 56.7 Å². The molecule has 10 heteroatoms. The largest absolute Gasteiger partial charge is 0.467 e. The molecule has 2 amide bonds. The first-order chi connectivity index (χ1) is 13.5. The third-order valence-corrected chi connectivity index (χ3v) is 5.42. The zero-order chi connectivity index (χ0) is 19.9. The number of aromatic nitrogens is 3. The van der Waals surface area contributed by atoms with Gasteiger partial charge in [-0.05, 0) is 40.2 Å². The van der Waals surface area contributed by atoms with Crippen LogP contribution in [0.4, 0.5) is 5.69 Å². The summed E-state index contributed by atoms with van der Waals surface area (Å²) in [5.41, 5.74) is 5.94. The van der Waals surface area contributed by atoms with E-state index >= 15 is 0 Å². The number of halogens is 1. The molecule has 1 aromatic carbocycles. The summed E-state index contributed by atoms with van der Waals surface area (Å²) in [6.07, 6.45) is 2.12. The molecule has 3 N–H and O–H groups in total. The highest BCUT2D eigenvalue weighted by atomic mass is 79.9. The van der Waals surface area contributed by atoms with E-state index in [2.05, 4.69) is 31.4 Å². The lowest BCUT2D eigenvalue weighted by molar-refractivity contribution is -0.118. The second-order valence-electron chi connectivity index (χ2n) is 5.85. The van der Waals surface area contributed by atoms with Gasteiger partial charge in [-0.15, -0.1) is 10.2 Å². The second-order valence-corrected chi connectivity index (χ2v) is 7.64. The summed E-state index contributed by atoms with van der Waals surface area (Å²) in [6.45, 7) is 0.405. The molecule has 0 saturated heterocycles. The number of furan rings is 1. The third-order valence-electron chi connectivity index (χ3n) is 3.76. The maximum absolute atomic E-state index is 12.3. The molecule has 3 rings (SSSR count). The number of nitrogens with two attached hydrogens (primary N) is 1. The fourth-order valence-corrected chi connectivity index (χ4v) is 3.58. The second kappa shape index (κ2) is 9.56. The zero-order valence-electron chi connectivity index (χ0n) is 14.8. The standard InChI is InChI=1S/C18H18BrN5O3S/c19-13-5-1-2-6-14(13)21-17(26)11-28-18-23-22-16(8-7-15(20)25)24(18)10-12-4-3-9-27-12/h1-6,9H,7-8,10-11H2,(H2,20,25)(H,21,26). The highest BCUT2D eigenvalue weighted by Gasteiger charge is 2.16. The first kappa shape index (κ1) is 20.2. The first-order valence-corrected chi connectivity index (χ1v) is 10.2. The van der Waals surface area contributed by atoms with Gasteiger partial charge in [0.15, 0.2) is 5.16 Å². The molecule has 28 heavy (non-hydrogen) atoms. The highest BCUT2D eigenvalue weighted by molar-refractivity contribution is 9.10. The number of carbonyl (C=O) groups excluding carboxylic acids is 2. The van der Waals surface area contributed by atoms with Crippen LogP contribution in [-0.2, 0) is 22.6 Å². The van der Waals surface area contributed by atoms with Gasteiger partial charge in [-0.3, -0.25) is 14.2 Å². The molecule has 0 aliphatic carbocycles.